The fraction of sp³-hybridized carbons (Fsp3) is 0. The van der Waals surface area contributed by atoms with Gasteiger partial charge in [0.05, 0.1) is 5.52 Å². The van der Waals surface area contributed by atoms with Crippen LogP contribution in [0.3, 0.4) is 0 Å². The number of nitrogens with zero attached hydrogens (tertiary/aromatic N) is 1. The molecule has 72 valence electrons. The Labute approximate surface area is 130 Å². The molecule has 2 rings (SSSR count). The molecule has 4 nitrogen and oxygen atoms in total. The minimum Gasteiger partial charge on any atom is -0.743 e. The van der Waals surface area contributed by atoms with Gasteiger partial charge in [0.25, 0.3) is 0 Å². The molecule has 1 aromatic heterocycles. The molecule has 0 radical (unpaired) electrons. The van der Waals surface area contributed by atoms with Crippen molar-refractivity contribution in [2.75, 3.05) is 0 Å². The van der Waals surface area contributed by atoms with Gasteiger partial charge in [-0.25, -0.2) is 13.4 Å². The van der Waals surface area contributed by atoms with Crippen LogP contribution in [0, 0.1) is 0 Å². The molecular weight excluding hydrogens is 241 g/mol. The van der Waals surface area contributed by atoms with E-state index in [1.807, 2.05) is 6.07 Å². The second-order valence-corrected chi connectivity index (χ2v) is 4.12. The molecule has 0 bridgehead atoms. The number of hydrogen-bond acceptors (Lipinski definition) is 4. The fourth-order valence-electron chi connectivity index (χ4n) is 1.19. The SMILES string of the molecule is O=S(=O)([O-])c1ccc2ccccc2n1.[K+]. The van der Waals surface area contributed by atoms with E-state index in [9.17, 15) is 13.0 Å². The van der Waals surface area contributed by atoms with Crippen LogP contribution in [0.4, 0.5) is 0 Å². The van der Waals surface area contributed by atoms with Crippen molar-refractivity contribution >= 4 is 21.0 Å². The molecule has 0 N–H and O–H groups in total. The predicted octanol–water partition coefficient (Wildman–Crippen LogP) is -1.86. The average Bonchev–Trinajstić information content (AvgIpc) is 2.16. The molecule has 1 aromatic carbocycles. The van der Waals surface area contributed by atoms with E-state index < -0.39 is 15.1 Å². The first-order valence-corrected chi connectivity index (χ1v) is 5.30. The van der Waals surface area contributed by atoms with Gasteiger partial charge in [-0.15, -0.1) is 0 Å². The summed E-state index contributed by atoms with van der Waals surface area (Å²) in [6.45, 7) is 0. The van der Waals surface area contributed by atoms with E-state index in [-0.39, 0.29) is 51.4 Å². The van der Waals surface area contributed by atoms with Gasteiger partial charge in [0.1, 0.15) is 15.1 Å². The number of hydrogen-bond donors (Lipinski definition) is 0. The van der Waals surface area contributed by atoms with E-state index in [1.54, 1.807) is 24.3 Å². The van der Waals surface area contributed by atoms with Crippen LogP contribution in [0.15, 0.2) is 41.4 Å². The van der Waals surface area contributed by atoms with E-state index in [0.29, 0.717) is 5.52 Å². The molecule has 0 saturated carbocycles. The van der Waals surface area contributed by atoms with Gasteiger partial charge in [0, 0.05) is 5.39 Å². The molecule has 6 heteroatoms. The molecule has 0 spiro atoms. The van der Waals surface area contributed by atoms with Crippen LogP contribution in [-0.4, -0.2) is 18.0 Å². The third-order valence-electron chi connectivity index (χ3n) is 1.83. The minimum atomic E-state index is -4.46. The minimum absolute atomic E-state index is 0. The third kappa shape index (κ3) is 3.07. The number of aromatic nitrogens is 1. The first-order valence-electron chi connectivity index (χ1n) is 3.89. The Morgan fingerprint density at radius 1 is 1.07 bits per heavy atom. The number of pyridine rings is 1. The van der Waals surface area contributed by atoms with E-state index in [0.717, 1.165) is 5.39 Å². The number of fused-ring (bicyclic) bond motifs is 1. The van der Waals surface area contributed by atoms with Crippen molar-refractivity contribution in [1.82, 2.24) is 4.98 Å². The topological polar surface area (TPSA) is 70.1 Å². The first-order chi connectivity index (χ1) is 6.57. The molecule has 0 saturated heterocycles. The molecule has 0 fully saturated rings. The van der Waals surface area contributed by atoms with E-state index in [2.05, 4.69) is 4.98 Å². The standard InChI is InChI=1S/C9H7NO3S.K/c11-14(12,13)9-6-5-7-3-1-2-4-8(7)10-9;/h1-6H,(H,11,12,13);/q;+1/p-1. The van der Waals surface area contributed by atoms with Crippen molar-refractivity contribution < 1.29 is 64.4 Å². The molecule has 0 aliphatic rings. The normalized spacial score (nSPS) is 11.0. The van der Waals surface area contributed by atoms with Gasteiger partial charge in [0.2, 0.25) is 0 Å². The van der Waals surface area contributed by atoms with E-state index in [4.69, 9.17) is 0 Å². The van der Waals surface area contributed by atoms with Crippen LogP contribution in [0.2, 0.25) is 0 Å². The van der Waals surface area contributed by atoms with Crippen molar-refractivity contribution in [2.24, 2.45) is 0 Å². The maximum Gasteiger partial charge on any atom is 1.00 e. The zero-order valence-electron chi connectivity index (χ0n) is 8.04. The average molecular weight is 247 g/mol. The Balaban J connectivity index is 0.00000112. The van der Waals surface area contributed by atoms with E-state index >= 15 is 0 Å². The van der Waals surface area contributed by atoms with Crippen molar-refractivity contribution in [3.63, 3.8) is 0 Å². The van der Waals surface area contributed by atoms with Crippen LogP contribution >= 0.6 is 0 Å². The predicted molar refractivity (Wildman–Crippen MR) is 49.7 cm³/mol. The van der Waals surface area contributed by atoms with Crippen LogP contribution in [0.25, 0.3) is 10.9 Å². The Kier molecular flexibility index (Phi) is 4.42. The molecule has 0 aliphatic heterocycles. The molecule has 0 atom stereocenters. The van der Waals surface area contributed by atoms with Gasteiger partial charge in [-0.2, -0.15) is 0 Å². The summed E-state index contributed by atoms with van der Waals surface area (Å²) in [5, 5.41) is 0.371. The number of rotatable bonds is 1. The van der Waals surface area contributed by atoms with Crippen LogP contribution in [0.5, 0.6) is 0 Å². The van der Waals surface area contributed by atoms with Crippen LogP contribution in [-0.2, 0) is 10.1 Å². The maximum atomic E-state index is 10.7. The smallest absolute Gasteiger partial charge is 0.743 e. The second kappa shape index (κ2) is 5.00. The monoisotopic (exact) mass is 247 g/mol. The van der Waals surface area contributed by atoms with Crippen molar-refractivity contribution in [1.29, 1.82) is 0 Å². The molecular formula is C9H6KNO3S. The summed E-state index contributed by atoms with van der Waals surface area (Å²) < 4.78 is 32.0. The maximum absolute atomic E-state index is 10.7. The number of para-hydroxylation sites is 1. The molecule has 0 amide bonds. The Bertz CT molecular complexity index is 583. The molecule has 2 aromatic rings. The Morgan fingerprint density at radius 2 is 1.73 bits per heavy atom. The molecule has 1 heterocycles. The van der Waals surface area contributed by atoms with Gasteiger partial charge in [0.15, 0.2) is 0 Å². The molecule has 15 heavy (non-hydrogen) atoms. The van der Waals surface area contributed by atoms with Crippen LogP contribution in [0.1, 0.15) is 0 Å². The Morgan fingerprint density at radius 3 is 2.40 bits per heavy atom. The third-order valence-corrected chi connectivity index (χ3v) is 2.57. The first kappa shape index (κ1) is 13.2. The molecule has 0 unspecified atom stereocenters. The summed E-state index contributed by atoms with van der Waals surface area (Å²) in [5.41, 5.74) is 0.504. The summed E-state index contributed by atoms with van der Waals surface area (Å²) in [6.07, 6.45) is 0. The second-order valence-electron chi connectivity index (χ2n) is 2.80. The summed E-state index contributed by atoms with van der Waals surface area (Å²) in [7, 11) is -4.46. The Hall–Kier alpha value is 0.176. The quantitative estimate of drug-likeness (QED) is 0.438. The zero-order valence-corrected chi connectivity index (χ0v) is 12.0. The zero-order chi connectivity index (χ0) is 10.2. The van der Waals surface area contributed by atoms with Crippen molar-refractivity contribution in [2.45, 2.75) is 5.03 Å². The van der Waals surface area contributed by atoms with Crippen LogP contribution < -0.4 is 51.4 Å². The van der Waals surface area contributed by atoms with E-state index in [1.165, 1.54) is 6.07 Å². The summed E-state index contributed by atoms with van der Waals surface area (Å²) in [5.74, 6) is 0. The van der Waals surface area contributed by atoms with Gasteiger partial charge in [-0.05, 0) is 18.2 Å². The van der Waals surface area contributed by atoms with Crippen molar-refractivity contribution in [3.05, 3.63) is 36.4 Å². The largest absolute Gasteiger partial charge is 1.00 e. The number of benzene rings is 1. The summed E-state index contributed by atoms with van der Waals surface area (Å²) in [4.78, 5) is 3.75. The van der Waals surface area contributed by atoms with Gasteiger partial charge in [-0.3, -0.25) is 0 Å². The fourth-order valence-corrected chi connectivity index (χ4v) is 1.63. The summed E-state index contributed by atoms with van der Waals surface area (Å²) >= 11 is 0. The van der Waals surface area contributed by atoms with Gasteiger partial charge < -0.3 is 4.55 Å². The van der Waals surface area contributed by atoms with Gasteiger partial charge >= 0.3 is 51.4 Å². The van der Waals surface area contributed by atoms with Gasteiger partial charge in [-0.1, -0.05) is 18.2 Å². The molecule has 0 aliphatic carbocycles. The summed E-state index contributed by atoms with van der Waals surface area (Å²) in [6, 6.07) is 9.78. The van der Waals surface area contributed by atoms with Crippen molar-refractivity contribution in [3.8, 4) is 0 Å².